The topological polar surface area (TPSA) is 50.2 Å². The highest BCUT2D eigenvalue weighted by Gasteiger charge is 2.09. The van der Waals surface area contributed by atoms with E-state index in [1.165, 1.54) is 0 Å². The van der Waals surface area contributed by atoms with Crippen LogP contribution in [0.2, 0.25) is 0 Å². The van der Waals surface area contributed by atoms with E-state index in [0.717, 1.165) is 27.6 Å². The Kier molecular flexibility index (Phi) is 3.65. The quantitative estimate of drug-likeness (QED) is 0.786. The van der Waals surface area contributed by atoms with Crippen molar-refractivity contribution in [1.82, 2.24) is 4.98 Å². The van der Waals surface area contributed by atoms with Crippen LogP contribution in [-0.4, -0.2) is 16.1 Å². The maximum Gasteiger partial charge on any atom is 0.303 e. The van der Waals surface area contributed by atoms with Gasteiger partial charge >= 0.3 is 5.97 Å². The molecule has 0 fully saturated rings. The van der Waals surface area contributed by atoms with Crippen LogP contribution in [-0.2, 0) is 11.2 Å². The standard InChI is InChI=1S/C18H15NO2/c20-18(21)10-9-13-5-1-2-6-14(13)15-11-12-19-17-8-4-3-7-16(15)17/h1-8,11-12H,9-10H2,(H,20,21). The number of aromatic nitrogens is 1. The first kappa shape index (κ1) is 13.3. The van der Waals surface area contributed by atoms with E-state index in [4.69, 9.17) is 5.11 Å². The van der Waals surface area contributed by atoms with Crippen molar-refractivity contribution in [3.8, 4) is 11.1 Å². The van der Waals surface area contributed by atoms with Crippen molar-refractivity contribution < 1.29 is 9.90 Å². The number of carbonyl (C=O) groups is 1. The molecule has 3 aromatic rings. The number of hydrogen-bond donors (Lipinski definition) is 1. The van der Waals surface area contributed by atoms with Crippen LogP contribution in [0.4, 0.5) is 0 Å². The summed E-state index contributed by atoms with van der Waals surface area (Å²) in [6.07, 6.45) is 2.47. The summed E-state index contributed by atoms with van der Waals surface area (Å²) in [7, 11) is 0. The normalized spacial score (nSPS) is 10.7. The number of carboxylic acid groups (broad SMARTS) is 1. The summed E-state index contributed by atoms with van der Waals surface area (Å²) >= 11 is 0. The maximum atomic E-state index is 10.8. The molecule has 0 radical (unpaired) electrons. The number of para-hydroxylation sites is 1. The fourth-order valence-electron chi connectivity index (χ4n) is 2.57. The molecule has 104 valence electrons. The molecular weight excluding hydrogens is 262 g/mol. The molecular formula is C18H15NO2. The Hall–Kier alpha value is -2.68. The molecule has 0 aliphatic carbocycles. The van der Waals surface area contributed by atoms with Gasteiger partial charge in [0, 0.05) is 18.0 Å². The lowest BCUT2D eigenvalue weighted by molar-refractivity contribution is -0.136. The lowest BCUT2D eigenvalue weighted by Gasteiger charge is -2.11. The van der Waals surface area contributed by atoms with E-state index in [9.17, 15) is 4.79 Å². The number of rotatable bonds is 4. The van der Waals surface area contributed by atoms with E-state index < -0.39 is 5.97 Å². The van der Waals surface area contributed by atoms with E-state index in [-0.39, 0.29) is 6.42 Å². The summed E-state index contributed by atoms with van der Waals surface area (Å²) in [6, 6.07) is 17.9. The molecule has 1 N–H and O–H groups in total. The summed E-state index contributed by atoms with van der Waals surface area (Å²) < 4.78 is 0. The van der Waals surface area contributed by atoms with Gasteiger partial charge in [-0.3, -0.25) is 9.78 Å². The van der Waals surface area contributed by atoms with Crippen LogP contribution in [0.5, 0.6) is 0 Å². The van der Waals surface area contributed by atoms with E-state index in [2.05, 4.69) is 4.98 Å². The first-order valence-electron chi connectivity index (χ1n) is 6.89. The Morgan fingerprint density at radius 3 is 2.57 bits per heavy atom. The molecule has 0 spiro atoms. The summed E-state index contributed by atoms with van der Waals surface area (Å²) in [5.74, 6) is -0.774. The Labute approximate surface area is 122 Å². The predicted octanol–water partition coefficient (Wildman–Crippen LogP) is 3.92. The highest BCUT2D eigenvalue weighted by molar-refractivity contribution is 5.95. The molecule has 0 saturated carbocycles. The Balaban J connectivity index is 2.12. The monoisotopic (exact) mass is 277 g/mol. The Morgan fingerprint density at radius 2 is 1.71 bits per heavy atom. The number of hydrogen-bond acceptors (Lipinski definition) is 2. The first-order chi connectivity index (χ1) is 10.3. The van der Waals surface area contributed by atoms with E-state index >= 15 is 0 Å². The van der Waals surface area contributed by atoms with Crippen molar-refractivity contribution in [2.45, 2.75) is 12.8 Å². The number of aliphatic carboxylic acids is 1. The third-order valence-electron chi connectivity index (χ3n) is 3.56. The highest BCUT2D eigenvalue weighted by Crippen LogP contribution is 2.30. The largest absolute Gasteiger partial charge is 0.481 e. The fraction of sp³-hybridized carbons (Fsp3) is 0.111. The van der Waals surface area contributed by atoms with Gasteiger partial charge in [0.2, 0.25) is 0 Å². The van der Waals surface area contributed by atoms with Gasteiger partial charge in [-0.15, -0.1) is 0 Å². The number of aryl methyl sites for hydroxylation is 1. The summed E-state index contributed by atoms with van der Waals surface area (Å²) in [5, 5.41) is 9.98. The smallest absolute Gasteiger partial charge is 0.303 e. The second kappa shape index (κ2) is 5.75. The molecule has 2 aromatic carbocycles. The Morgan fingerprint density at radius 1 is 0.952 bits per heavy atom. The second-order valence-corrected chi connectivity index (χ2v) is 4.93. The molecule has 3 heteroatoms. The first-order valence-corrected chi connectivity index (χ1v) is 6.89. The molecule has 3 rings (SSSR count). The van der Waals surface area contributed by atoms with Crippen LogP contribution < -0.4 is 0 Å². The lowest BCUT2D eigenvalue weighted by Crippen LogP contribution is -1.99. The molecule has 0 aliphatic heterocycles. The fourth-order valence-corrected chi connectivity index (χ4v) is 2.57. The van der Waals surface area contributed by atoms with Gasteiger partial charge in [0.1, 0.15) is 0 Å². The minimum Gasteiger partial charge on any atom is -0.481 e. The van der Waals surface area contributed by atoms with Crippen molar-refractivity contribution in [2.24, 2.45) is 0 Å². The number of nitrogens with zero attached hydrogens (tertiary/aromatic N) is 1. The molecule has 0 amide bonds. The predicted molar refractivity (Wildman–Crippen MR) is 83.1 cm³/mol. The molecule has 0 aliphatic rings. The number of pyridine rings is 1. The van der Waals surface area contributed by atoms with Crippen LogP contribution in [0, 0.1) is 0 Å². The Bertz CT molecular complexity index is 791. The lowest BCUT2D eigenvalue weighted by atomic mass is 9.94. The van der Waals surface area contributed by atoms with Gasteiger partial charge in [0.25, 0.3) is 0 Å². The molecule has 3 nitrogen and oxygen atoms in total. The van der Waals surface area contributed by atoms with Crippen LogP contribution in [0.1, 0.15) is 12.0 Å². The molecule has 1 aromatic heterocycles. The van der Waals surface area contributed by atoms with Gasteiger partial charge in [0.15, 0.2) is 0 Å². The van der Waals surface area contributed by atoms with Gasteiger partial charge in [-0.1, -0.05) is 42.5 Å². The van der Waals surface area contributed by atoms with Crippen LogP contribution in [0.25, 0.3) is 22.0 Å². The van der Waals surface area contributed by atoms with Gasteiger partial charge < -0.3 is 5.11 Å². The van der Waals surface area contributed by atoms with Crippen molar-refractivity contribution in [1.29, 1.82) is 0 Å². The van der Waals surface area contributed by atoms with Crippen LogP contribution >= 0.6 is 0 Å². The van der Waals surface area contributed by atoms with E-state index in [1.54, 1.807) is 6.20 Å². The summed E-state index contributed by atoms with van der Waals surface area (Å²) in [4.78, 5) is 15.2. The van der Waals surface area contributed by atoms with Crippen molar-refractivity contribution in [3.05, 3.63) is 66.4 Å². The average Bonchev–Trinajstić information content (AvgIpc) is 2.53. The summed E-state index contributed by atoms with van der Waals surface area (Å²) in [6.45, 7) is 0. The highest BCUT2D eigenvalue weighted by atomic mass is 16.4. The molecule has 1 heterocycles. The molecule has 0 atom stereocenters. The number of benzene rings is 2. The minimum atomic E-state index is -0.774. The zero-order valence-electron chi connectivity index (χ0n) is 11.5. The van der Waals surface area contributed by atoms with Crippen LogP contribution in [0.15, 0.2) is 60.8 Å². The van der Waals surface area contributed by atoms with Crippen molar-refractivity contribution in [2.75, 3.05) is 0 Å². The van der Waals surface area contributed by atoms with Gasteiger partial charge in [-0.25, -0.2) is 0 Å². The number of fused-ring (bicyclic) bond motifs is 1. The molecule has 0 unspecified atom stereocenters. The van der Waals surface area contributed by atoms with Crippen LogP contribution in [0.3, 0.4) is 0 Å². The second-order valence-electron chi connectivity index (χ2n) is 4.93. The zero-order valence-corrected chi connectivity index (χ0v) is 11.5. The van der Waals surface area contributed by atoms with E-state index in [1.807, 2.05) is 54.6 Å². The third-order valence-corrected chi connectivity index (χ3v) is 3.56. The van der Waals surface area contributed by atoms with Gasteiger partial charge in [-0.2, -0.15) is 0 Å². The minimum absolute atomic E-state index is 0.139. The van der Waals surface area contributed by atoms with E-state index in [0.29, 0.717) is 6.42 Å². The average molecular weight is 277 g/mol. The third kappa shape index (κ3) is 2.77. The van der Waals surface area contributed by atoms with Crippen molar-refractivity contribution >= 4 is 16.9 Å². The molecule has 0 saturated heterocycles. The van der Waals surface area contributed by atoms with Gasteiger partial charge in [-0.05, 0) is 35.2 Å². The SMILES string of the molecule is O=C(O)CCc1ccccc1-c1ccnc2ccccc12. The maximum absolute atomic E-state index is 10.8. The van der Waals surface area contributed by atoms with Crippen molar-refractivity contribution in [3.63, 3.8) is 0 Å². The summed E-state index contributed by atoms with van der Waals surface area (Å²) in [5.41, 5.74) is 4.18. The van der Waals surface area contributed by atoms with Gasteiger partial charge in [0.05, 0.1) is 5.52 Å². The number of carboxylic acids is 1. The molecule has 21 heavy (non-hydrogen) atoms. The molecule has 0 bridgehead atoms. The zero-order chi connectivity index (χ0) is 14.7.